The molecular weight excluding hydrogens is 246 g/mol. The van der Waals surface area contributed by atoms with Gasteiger partial charge in [-0.3, -0.25) is 0 Å². The Kier molecular flexibility index (Phi) is 3.84. The maximum absolute atomic E-state index is 5.58. The average molecular weight is 263 g/mol. The zero-order chi connectivity index (χ0) is 13.1. The molecular formula is C13H17N3OS. The molecule has 0 saturated carbocycles. The minimum atomic E-state index is 0.517. The lowest BCUT2D eigenvalue weighted by molar-refractivity contribution is 0.413. The Morgan fingerprint density at radius 2 is 2.17 bits per heavy atom. The Balaban J connectivity index is 2.32. The highest BCUT2D eigenvalue weighted by Crippen LogP contribution is 2.33. The monoisotopic (exact) mass is 263 g/mol. The van der Waals surface area contributed by atoms with Crippen molar-refractivity contribution in [3.63, 3.8) is 0 Å². The number of methoxy groups -OCH3 is 1. The van der Waals surface area contributed by atoms with Crippen LogP contribution in [0.4, 0.5) is 10.8 Å². The van der Waals surface area contributed by atoms with E-state index in [0.29, 0.717) is 6.54 Å². The van der Waals surface area contributed by atoms with E-state index in [4.69, 9.17) is 10.5 Å². The number of thiazole rings is 1. The van der Waals surface area contributed by atoms with E-state index in [2.05, 4.69) is 29.4 Å². The van der Waals surface area contributed by atoms with Crippen LogP contribution in [-0.4, -0.2) is 12.1 Å². The Morgan fingerprint density at radius 1 is 1.39 bits per heavy atom. The zero-order valence-electron chi connectivity index (χ0n) is 10.8. The third-order valence-corrected chi connectivity index (χ3v) is 3.55. The fourth-order valence-electron chi connectivity index (χ4n) is 1.89. The average Bonchev–Trinajstić information content (AvgIpc) is 2.76. The Hall–Kier alpha value is -1.59. The van der Waals surface area contributed by atoms with E-state index in [-0.39, 0.29) is 0 Å². The third kappa shape index (κ3) is 2.63. The van der Waals surface area contributed by atoms with Crippen LogP contribution in [0.5, 0.6) is 5.75 Å². The van der Waals surface area contributed by atoms with E-state index in [1.54, 1.807) is 24.6 Å². The summed E-state index contributed by atoms with van der Waals surface area (Å²) in [5.74, 6) is 0.852. The number of nitrogens with one attached hydrogen (secondary N) is 1. The van der Waals surface area contributed by atoms with Crippen LogP contribution in [0.3, 0.4) is 0 Å². The van der Waals surface area contributed by atoms with Crippen LogP contribution in [0.25, 0.3) is 0 Å². The van der Waals surface area contributed by atoms with E-state index in [0.717, 1.165) is 27.0 Å². The van der Waals surface area contributed by atoms with Gasteiger partial charge in [-0.2, -0.15) is 0 Å². The van der Waals surface area contributed by atoms with Crippen LogP contribution in [0.2, 0.25) is 0 Å². The number of anilines is 2. The van der Waals surface area contributed by atoms with Gasteiger partial charge in [0.25, 0.3) is 0 Å². The zero-order valence-corrected chi connectivity index (χ0v) is 11.6. The van der Waals surface area contributed by atoms with Gasteiger partial charge >= 0.3 is 0 Å². The predicted octanol–water partition coefficient (Wildman–Crippen LogP) is 2.97. The maximum Gasteiger partial charge on any atom is 0.187 e. The van der Waals surface area contributed by atoms with Gasteiger partial charge in [-0.05, 0) is 31.0 Å². The molecule has 0 spiro atoms. The quantitative estimate of drug-likeness (QED) is 0.890. The van der Waals surface area contributed by atoms with Gasteiger partial charge in [0.15, 0.2) is 5.13 Å². The van der Waals surface area contributed by atoms with Gasteiger partial charge in [0, 0.05) is 17.6 Å². The Bertz CT molecular complexity index is 551. The fourth-order valence-corrected chi connectivity index (χ4v) is 2.60. The number of hydrogen-bond acceptors (Lipinski definition) is 5. The van der Waals surface area contributed by atoms with Gasteiger partial charge in [0.05, 0.1) is 12.8 Å². The summed E-state index contributed by atoms with van der Waals surface area (Å²) < 4.78 is 5.43. The van der Waals surface area contributed by atoms with Crippen molar-refractivity contribution in [3.05, 3.63) is 34.3 Å². The van der Waals surface area contributed by atoms with Crippen LogP contribution in [-0.2, 0) is 6.54 Å². The SMILES string of the molecule is COc1c(C)cc(C)cc1Nc1ncc(CN)s1. The molecule has 0 atom stereocenters. The highest BCUT2D eigenvalue weighted by Gasteiger charge is 2.09. The van der Waals surface area contributed by atoms with Crippen molar-refractivity contribution in [3.8, 4) is 5.75 Å². The first-order valence-electron chi connectivity index (χ1n) is 5.71. The van der Waals surface area contributed by atoms with Crippen molar-refractivity contribution in [1.82, 2.24) is 4.98 Å². The highest BCUT2D eigenvalue weighted by molar-refractivity contribution is 7.15. The first-order valence-corrected chi connectivity index (χ1v) is 6.52. The Morgan fingerprint density at radius 3 is 2.78 bits per heavy atom. The standard InChI is InChI=1S/C13H17N3OS/c1-8-4-9(2)12(17-3)11(5-8)16-13-15-7-10(6-14)18-13/h4-5,7H,6,14H2,1-3H3,(H,15,16). The lowest BCUT2D eigenvalue weighted by Crippen LogP contribution is -1.97. The first-order chi connectivity index (χ1) is 8.63. The van der Waals surface area contributed by atoms with Crippen LogP contribution in [0.15, 0.2) is 18.3 Å². The van der Waals surface area contributed by atoms with E-state index in [1.807, 2.05) is 6.92 Å². The fraction of sp³-hybridized carbons (Fsp3) is 0.308. The molecule has 0 saturated heterocycles. The van der Waals surface area contributed by atoms with Gasteiger partial charge < -0.3 is 15.8 Å². The second-order valence-electron chi connectivity index (χ2n) is 4.12. The molecule has 0 aliphatic rings. The predicted molar refractivity (Wildman–Crippen MR) is 75.8 cm³/mol. The van der Waals surface area contributed by atoms with Crippen LogP contribution in [0, 0.1) is 13.8 Å². The van der Waals surface area contributed by atoms with Crippen molar-refractivity contribution in [2.45, 2.75) is 20.4 Å². The number of rotatable bonds is 4. The van der Waals surface area contributed by atoms with Crippen LogP contribution >= 0.6 is 11.3 Å². The lowest BCUT2D eigenvalue weighted by atomic mass is 10.1. The second kappa shape index (κ2) is 5.37. The number of nitrogens with two attached hydrogens (primary N) is 1. The van der Waals surface area contributed by atoms with Crippen molar-refractivity contribution >= 4 is 22.2 Å². The summed E-state index contributed by atoms with van der Waals surface area (Å²) in [4.78, 5) is 5.35. The van der Waals surface area contributed by atoms with Crippen molar-refractivity contribution in [2.75, 3.05) is 12.4 Å². The second-order valence-corrected chi connectivity index (χ2v) is 5.24. The molecule has 1 aromatic heterocycles. The van der Waals surface area contributed by atoms with Gasteiger partial charge in [0.1, 0.15) is 5.75 Å². The minimum absolute atomic E-state index is 0.517. The number of aryl methyl sites for hydroxylation is 2. The summed E-state index contributed by atoms with van der Waals surface area (Å²) in [6, 6.07) is 4.15. The highest BCUT2D eigenvalue weighted by atomic mass is 32.1. The molecule has 5 heteroatoms. The van der Waals surface area contributed by atoms with Gasteiger partial charge in [-0.15, -0.1) is 11.3 Å². The summed E-state index contributed by atoms with van der Waals surface area (Å²) in [5.41, 5.74) is 8.81. The minimum Gasteiger partial charge on any atom is -0.494 e. The summed E-state index contributed by atoms with van der Waals surface area (Å²) in [5, 5.41) is 4.12. The molecule has 0 bridgehead atoms. The van der Waals surface area contributed by atoms with Crippen molar-refractivity contribution < 1.29 is 4.74 Å². The molecule has 2 aromatic rings. The van der Waals surface area contributed by atoms with Gasteiger partial charge in [-0.1, -0.05) is 6.07 Å². The molecule has 18 heavy (non-hydrogen) atoms. The molecule has 3 N–H and O–H groups in total. The largest absolute Gasteiger partial charge is 0.494 e. The molecule has 2 rings (SSSR count). The van der Waals surface area contributed by atoms with Crippen LogP contribution in [0.1, 0.15) is 16.0 Å². The maximum atomic E-state index is 5.58. The molecule has 0 fully saturated rings. The topological polar surface area (TPSA) is 60.2 Å². The number of aromatic nitrogens is 1. The van der Waals surface area contributed by atoms with E-state index >= 15 is 0 Å². The van der Waals surface area contributed by atoms with Gasteiger partial charge in [0.2, 0.25) is 0 Å². The van der Waals surface area contributed by atoms with E-state index in [1.165, 1.54) is 5.56 Å². The van der Waals surface area contributed by atoms with Gasteiger partial charge in [-0.25, -0.2) is 4.98 Å². The molecule has 0 amide bonds. The number of hydrogen-bond donors (Lipinski definition) is 2. The summed E-state index contributed by atoms with van der Waals surface area (Å²) in [6.07, 6.45) is 1.79. The van der Waals surface area contributed by atoms with E-state index < -0.39 is 0 Å². The van der Waals surface area contributed by atoms with E-state index in [9.17, 15) is 0 Å². The third-order valence-electron chi connectivity index (χ3n) is 2.62. The normalized spacial score (nSPS) is 10.4. The summed E-state index contributed by atoms with van der Waals surface area (Å²) in [6.45, 7) is 4.61. The molecule has 1 heterocycles. The number of nitrogens with zero attached hydrogens (tertiary/aromatic N) is 1. The van der Waals surface area contributed by atoms with Crippen molar-refractivity contribution in [2.24, 2.45) is 5.73 Å². The summed E-state index contributed by atoms with van der Waals surface area (Å²) in [7, 11) is 1.68. The molecule has 0 radical (unpaired) electrons. The van der Waals surface area contributed by atoms with Crippen LogP contribution < -0.4 is 15.8 Å². The molecule has 1 aromatic carbocycles. The molecule has 4 nitrogen and oxygen atoms in total. The smallest absolute Gasteiger partial charge is 0.187 e. The molecule has 0 aliphatic heterocycles. The number of ether oxygens (including phenoxy) is 1. The van der Waals surface area contributed by atoms with Crippen molar-refractivity contribution in [1.29, 1.82) is 0 Å². The number of benzene rings is 1. The summed E-state index contributed by atoms with van der Waals surface area (Å²) >= 11 is 1.56. The molecule has 0 unspecified atom stereocenters. The molecule has 0 aliphatic carbocycles. The molecule has 96 valence electrons. The Labute approximate surface area is 111 Å². The lowest BCUT2D eigenvalue weighted by Gasteiger charge is -2.13. The first kappa shape index (κ1) is 12.9.